The third-order valence-corrected chi connectivity index (χ3v) is 5.67. The first-order valence-electron chi connectivity index (χ1n) is 8.01. The number of carbonyl (C=O) groups excluding carboxylic acids is 1. The highest BCUT2D eigenvalue weighted by Gasteiger charge is 2.35. The summed E-state index contributed by atoms with van der Waals surface area (Å²) in [6, 6.07) is -1.27. The minimum atomic E-state index is -3.01. The van der Waals surface area contributed by atoms with Crippen molar-refractivity contribution < 1.29 is 28.7 Å². The Bertz CT molecular complexity index is 563. The van der Waals surface area contributed by atoms with E-state index in [9.17, 15) is 18.9 Å². The maximum Gasteiger partial charge on any atom is 0.408 e. The molecule has 1 aliphatic rings. The van der Waals surface area contributed by atoms with Gasteiger partial charge in [0.1, 0.15) is 11.6 Å². The first kappa shape index (κ1) is 20.7. The lowest BCUT2D eigenvalue weighted by Crippen LogP contribution is -2.44. The summed E-state index contributed by atoms with van der Waals surface area (Å²) in [7, 11) is -3.01. The third kappa shape index (κ3) is 7.48. The minimum absolute atomic E-state index is 0.0300. The predicted molar refractivity (Wildman–Crippen MR) is 89.4 cm³/mol. The SMILES string of the molecule is CC(C)(C)OC(=O)N[C@@H](CC[S@@](=N)(=O)CCC1(O)CCC1)C(=O)O. The summed E-state index contributed by atoms with van der Waals surface area (Å²) in [6.45, 7) is 4.97. The maximum atomic E-state index is 12.2. The van der Waals surface area contributed by atoms with E-state index in [-0.39, 0.29) is 24.3 Å². The van der Waals surface area contributed by atoms with Crippen molar-refractivity contribution in [2.24, 2.45) is 0 Å². The van der Waals surface area contributed by atoms with Gasteiger partial charge in [0, 0.05) is 21.2 Å². The first-order valence-corrected chi connectivity index (χ1v) is 9.90. The fourth-order valence-corrected chi connectivity index (χ4v) is 3.84. The van der Waals surface area contributed by atoms with E-state index in [4.69, 9.17) is 14.6 Å². The summed E-state index contributed by atoms with van der Waals surface area (Å²) in [5, 5.41) is 21.4. The number of hydrogen-bond donors (Lipinski definition) is 4. The fraction of sp³-hybridized carbons (Fsp3) is 0.867. The van der Waals surface area contributed by atoms with E-state index in [1.54, 1.807) is 20.8 Å². The molecule has 1 amide bonds. The Morgan fingerprint density at radius 3 is 2.33 bits per heavy atom. The van der Waals surface area contributed by atoms with E-state index < -0.39 is 39.0 Å². The number of ether oxygens (including phenoxy) is 1. The maximum absolute atomic E-state index is 12.2. The van der Waals surface area contributed by atoms with Crippen molar-refractivity contribution >= 4 is 21.8 Å². The number of rotatable bonds is 8. The highest BCUT2D eigenvalue weighted by Crippen LogP contribution is 2.34. The van der Waals surface area contributed by atoms with E-state index >= 15 is 0 Å². The molecule has 0 unspecified atom stereocenters. The molecule has 0 aromatic carbocycles. The summed E-state index contributed by atoms with van der Waals surface area (Å²) >= 11 is 0. The van der Waals surface area contributed by atoms with Gasteiger partial charge in [-0.3, -0.25) is 4.78 Å². The molecule has 1 saturated carbocycles. The zero-order valence-electron chi connectivity index (χ0n) is 14.5. The highest BCUT2D eigenvalue weighted by molar-refractivity contribution is 7.92. The quantitative estimate of drug-likeness (QED) is 0.517. The second-order valence-corrected chi connectivity index (χ2v) is 9.81. The molecule has 0 aliphatic heterocycles. The van der Waals surface area contributed by atoms with Crippen LogP contribution >= 0.6 is 0 Å². The molecule has 0 radical (unpaired) electrons. The molecule has 4 N–H and O–H groups in total. The first-order chi connectivity index (χ1) is 10.8. The van der Waals surface area contributed by atoms with Crippen molar-refractivity contribution in [2.45, 2.75) is 70.1 Å². The standard InChI is InChI=1S/C15H28N2O6S/c1-14(2,3)23-13(20)17-11(12(18)19)5-9-24(16,22)10-8-15(21)6-4-7-15/h11,16,21H,4-10H2,1-3H3,(H,17,20)(H,18,19)/t11-,24+/m0/s1. The van der Waals surface area contributed by atoms with Crippen LogP contribution < -0.4 is 5.32 Å². The fourth-order valence-electron chi connectivity index (χ4n) is 2.31. The van der Waals surface area contributed by atoms with Gasteiger partial charge in [-0.25, -0.2) is 13.8 Å². The van der Waals surface area contributed by atoms with Gasteiger partial charge in [-0.15, -0.1) is 0 Å². The summed E-state index contributed by atoms with van der Waals surface area (Å²) < 4.78 is 25.1. The molecule has 1 aliphatic carbocycles. The zero-order chi connectivity index (χ0) is 18.6. The largest absolute Gasteiger partial charge is 0.480 e. The molecule has 24 heavy (non-hydrogen) atoms. The second-order valence-electron chi connectivity index (χ2n) is 7.37. The van der Waals surface area contributed by atoms with E-state index in [0.717, 1.165) is 6.42 Å². The lowest BCUT2D eigenvalue weighted by atomic mass is 9.78. The molecule has 0 bridgehead atoms. The second kappa shape index (κ2) is 7.69. The van der Waals surface area contributed by atoms with Gasteiger partial charge in [0.2, 0.25) is 0 Å². The lowest BCUT2D eigenvalue weighted by molar-refractivity contribution is -0.139. The van der Waals surface area contributed by atoms with Crippen LogP contribution in [0.3, 0.4) is 0 Å². The average Bonchev–Trinajstić information content (AvgIpc) is 2.36. The lowest BCUT2D eigenvalue weighted by Gasteiger charge is -2.36. The molecule has 140 valence electrons. The van der Waals surface area contributed by atoms with E-state index in [1.165, 1.54) is 0 Å². The summed E-state index contributed by atoms with van der Waals surface area (Å²) in [5.41, 5.74) is -1.57. The molecular formula is C15H28N2O6S. The van der Waals surface area contributed by atoms with Crippen LogP contribution in [0.4, 0.5) is 4.79 Å². The number of aliphatic hydroxyl groups is 1. The van der Waals surface area contributed by atoms with Crippen LogP contribution in [-0.4, -0.2) is 55.2 Å². The van der Waals surface area contributed by atoms with Gasteiger partial charge in [-0.2, -0.15) is 0 Å². The predicted octanol–water partition coefficient (Wildman–Crippen LogP) is 1.71. The van der Waals surface area contributed by atoms with E-state index in [0.29, 0.717) is 12.8 Å². The number of alkyl carbamates (subject to hydrolysis) is 1. The number of nitrogens with one attached hydrogen (secondary N) is 2. The Labute approximate surface area is 142 Å². The Hall–Kier alpha value is -1.35. The number of carbonyl (C=O) groups is 2. The van der Waals surface area contributed by atoms with E-state index in [1.807, 2.05) is 0 Å². The molecule has 8 nitrogen and oxygen atoms in total. The Balaban J connectivity index is 2.49. The smallest absolute Gasteiger partial charge is 0.408 e. The molecule has 1 rings (SSSR count). The molecule has 0 saturated heterocycles. The number of hydrogen-bond acceptors (Lipinski definition) is 6. The van der Waals surface area contributed by atoms with Crippen LogP contribution in [0.2, 0.25) is 0 Å². The normalized spacial score (nSPS) is 20.3. The van der Waals surface area contributed by atoms with Crippen LogP contribution in [0.1, 0.15) is 52.9 Å². The third-order valence-electron chi connectivity index (χ3n) is 3.91. The van der Waals surface area contributed by atoms with Crippen molar-refractivity contribution in [3.8, 4) is 0 Å². The highest BCUT2D eigenvalue weighted by atomic mass is 32.2. The van der Waals surface area contributed by atoms with Crippen LogP contribution in [0.15, 0.2) is 0 Å². The number of carboxylic acids is 1. The van der Waals surface area contributed by atoms with Crippen molar-refractivity contribution in [1.29, 1.82) is 4.78 Å². The minimum Gasteiger partial charge on any atom is -0.480 e. The summed E-state index contributed by atoms with van der Waals surface area (Å²) in [5.74, 6) is -1.40. The van der Waals surface area contributed by atoms with Crippen LogP contribution in [0.5, 0.6) is 0 Å². The van der Waals surface area contributed by atoms with Crippen molar-refractivity contribution in [3.05, 3.63) is 0 Å². The van der Waals surface area contributed by atoms with Gasteiger partial charge in [0.15, 0.2) is 0 Å². The van der Waals surface area contributed by atoms with Crippen molar-refractivity contribution in [1.82, 2.24) is 5.32 Å². The van der Waals surface area contributed by atoms with Gasteiger partial charge >= 0.3 is 12.1 Å². The van der Waals surface area contributed by atoms with Crippen LogP contribution in [0, 0.1) is 4.78 Å². The molecule has 0 aromatic heterocycles. The molecular weight excluding hydrogens is 336 g/mol. The van der Waals surface area contributed by atoms with Crippen LogP contribution in [0.25, 0.3) is 0 Å². The van der Waals surface area contributed by atoms with Crippen molar-refractivity contribution in [2.75, 3.05) is 11.5 Å². The Morgan fingerprint density at radius 1 is 1.33 bits per heavy atom. The topological polar surface area (TPSA) is 137 Å². The zero-order valence-corrected chi connectivity index (χ0v) is 15.3. The monoisotopic (exact) mass is 364 g/mol. The average molecular weight is 364 g/mol. The Kier molecular flexibility index (Phi) is 6.63. The number of amides is 1. The van der Waals surface area contributed by atoms with Gasteiger partial charge in [0.05, 0.1) is 5.60 Å². The summed E-state index contributed by atoms with van der Waals surface area (Å²) in [4.78, 5) is 22.9. The molecule has 0 spiro atoms. The molecule has 9 heteroatoms. The molecule has 0 aromatic rings. The molecule has 1 fully saturated rings. The Morgan fingerprint density at radius 2 is 1.92 bits per heavy atom. The van der Waals surface area contributed by atoms with Gasteiger partial charge in [-0.05, 0) is 52.9 Å². The van der Waals surface area contributed by atoms with Gasteiger partial charge < -0.3 is 20.3 Å². The molecule has 0 heterocycles. The van der Waals surface area contributed by atoms with Crippen LogP contribution in [-0.2, 0) is 19.3 Å². The van der Waals surface area contributed by atoms with Gasteiger partial charge in [0.25, 0.3) is 0 Å². The summed E-state index contributed by atoms with van der Waals surface area (Å²) in [6.07, 6.45) is 1.52. The molecule has 2 atom stereocenters. The number of aliphatic carboxylic acids is 1. The van der Waals surface area contributed by atoms with Crippen molar-refractivity contribution in [3.63, 3.8) is 0 Å². The van der Waals surface area contributed by atoms with Gasteiger partial charge in [-0.1, -0.05) is 0 Å². The van der Waals surface area contributed by atoms with E-state index in [2.05, 4.69) is 5.32 Å². The number of carboxylic acid groups (broad SMARTS) is 1.